The first-order valence-electron chi connectivity index (χ1n) is 8.00. The minimum Gasteiger partial charge on any atom is -0.385 e. The Hall–Kier alpha value is -1.58. The van der Waals surface area contributed by atoms with E-state index < -0.39 is 0 Å². The lowest BCUT2D eigenvalue weighted by molar-refractivity contribution is 0.0680. The number of hydrogen-bond donors (Lipinski definition) is 1. The Morgan fingerprint density at radius 2 is 2.05 bits per heavy atom. The Morgan fingerprint density at radius 3 is 2.67 bits per heavy atom. The maximum atomic E-state index is 12.8. The van der Waals surface area contributed by atoms with Gasteiger partial charge < -0.3 is 10.2 Å². The quantitative estimate of drug-likeness (QED) is 0.923. The Labute approximate surface area is 127 Å². The number of carbonyl (C=O) groups excluding carboxylic acids is 1. The van der Waals surface area contributed by atoms with Crippen LogP contribution in [-0.4, -0.2) is 35.4 Å². The summed E-state index contributed by atoms with van der Waals surface area (Å²) in [7, 11) is 1.93. The number of nitrogens with zero attached hydrogens (tertiary/aromatic N) is 2. The predicted octanol–water partition coefficient (Wildman–Crippen LogP) is 3.47. The summed E-state index contributed by atoms with van der Waals surface area (Å²) in [6, 6.07) is 2.32. The maximum absolute atomic E-state index is 12.8. The molecular weight excluding hydrogens is 262 g/mol. The van der Waals surface area contributed by atoms with Gasteiger partial charge in [0.15, 0.2) is 0 Å². The third-order valence-corrected chi connectivity index (χ3v) is 4.49. The molecule has 0 bridgehead atoms. The molecule has 0 atom stereocenters. The van der Waals surface area contributed by atoms with Crippen molar-refractivity contribution in [2.75, 3.05) is 18.9 Å². The van der Waals surface area contributed by atoms with E-state index in [4.69, 9.17) is 0 Å². The molecule has 1 aromatic heterocycles. The van der Waals surface area contributed by atoms with Gasteiger partial charge in [-0.25, -0.2) is 0 Å². The summed E-state index contributed by atoms with van der Waals surface area (Å²) >= 11 is 0. The van der Waals surface area contributed by atoms with Crippen LogP contribution in [0, 0.1) is 12.8 Å². The van der Waals surface area contributed by atoms with E-state index in [0.29, 0.717) is 11.6 Å². The molecule has 2 rings (SSSR count). The zero-order valence-electron chi connectivity index (χ0n) is 13.6. The standard InChI is InChI=1S/C17H27N3O/c1-5-18-16-10-13(3)19-11-15(16)17(21)20(4)14-8-6-12(2)7-9-14/h10-12,14H,5-9H2,1-4H3,(H,18,19). The number of anilines is 1. The zero-order chi connectivity index (χ0) is 15.4. The van der Waals surface area contributed by atoms with Gasteiger partial charge in [-0.15, -0.1) is 0 Å². The molecule has 4 heteroatoms. The average molecular weight is 289 g/mol. The van der Waals surface area contributed by atoms with Crippen molar-refractivity contribution in [1.82, 2.24) is 9.88 Å². The van der Waals surface area contributed by atoms with Crippen LogP contribution < -0.4 is 5.32 Å². The van der Waals surface area contributed by atoms with Gasteiger partial charge in [-0.2, -0.15) is 0 Å². The topological polar surface area (TPSA) is 45.2 Å². The van der Waals surface area contributed by atoms with E-state index in [0.717, 1.165) is 36.7 Å². The summed E-state index contributed by atoms with van der Waals surface area (Å²) in [5.74, 6) is 0.876. The van der Waals surface area contributed by atoms with Gasteiger partial charge in [0.2, 0.25) is 0 Å². The van der Waals surface area contributed by atoms with Gasteiger partial charge in [0.05, 0.1) is 11.3 Å². The van der Waals surface area contributed by atoms with E-state index in [-0.39, 0.29) is 5.91 Å². The van der Waals surface area contributed by atoms with Crippen molar-refractivity contribution >= 4 is 11.6 Å². The number of amides is 1. The Morgan fingerprint density at radius 1 is 1.38 bits per heavy atom. The van der Waals surface area contributed by atoms with Crippen LogP contribution in [0.25, 0.3) is 0 Å². The molecule has 1 aliphatic carbocycles. The number of aryl methyl sites for hydroxylation is 1. The van der Waals surface area contributed by atoms with Gasteiger partial charge in [0.25, 0.3) is 5.91 Å². The molecule has 0 radical (unpaired) electrons. The first kappa shape index (κ1) is 15.8. The Bertz CT molecular complexity index is 493. The van der Waals surface area contributed by atoms with Gasteiger partial charge in [-0.3, -0.25) is 9.78 Å². The van der Waals surface area contributed by atoms with Crippen LogP contribution in [-0.2, 0) is 0 Å². The third-order valence-electron chi connectivity index (χ3n) is 4.49. The third kappa shape index (κ3) is 3.74. The smallest absolute Gasteiger partial charge is 0.257 e. The maximum Gasteiger partial charge on any atom is 0.257 e. The van der Waals surface area contributed by atoms with Gasteiger partial charge >= 0.3 is 0 Å². The second-order valence-corrected chi connectivity index (χ2v) is 6.23. The van der Waals surface area contributed by atoms with E-state index in [1.165, 1.54) is 12.8 Å². The summed E-state index contributed by atoms with van der Waals surface area (Å²) in [5, 5.41) is 3.28. The fraction of sp³-hybridized carbons (Fsp3) is 0.647. The molecule has 0 unspecified atom stereocenters. The SMILES string of the molecule is CCNc1cc(C)ncc1C(=O)N(C)C1CCC(C)CC1. The Kier molecular flexibility index (Phi) is 5.21. The van der Waals surface area contributed by atoms with Crippen LogP contribution in [0.2, 0.25) is 0 Å². The van der Waals surface area contributed by atoms with Gasteiger partial charge in [-0.05, 0) is 51.5 Å². The first-order chi connectivity index (χ1) is 10.0. The molecule has 0 aromatic carbocycles. The van der Waals surface area contributed by atoms with Crippen molar-refractivity contribution in [3.63, 3.8) is 0 Å². The van der Waals surface area contributed by atoms with Crippen LogP contribution in [0.5, 0.6) is 0 Å². The molecule has 1 fully saturated rings. The summed E-state index contributed by atoms with van der Waals surface area (Å²) in [6.45, 7) is 7.08. The van der Waals surface area contributed by atoms with Crippen molar-refractivity contribution in [3.05, 3.63) is 23.5 Å². The summed E-state index contributed by atoms with van der Waals surface area (Å²) in [5.41, 5.74) is 2.51. The number of carbonyl (C=O) groups is 1. The lowest BCUT2D eigenvalue weighted by Crippen LogP contribution is -2.39. The summed E-state index contributed by atoms with van der Waals surface area (Å²) in [6.07, 6.45) is 6.36. The first-order valence-corrected chi connectivity index (χ1v) is 8.00. The summed E-state index contributed by atoms with van der Waals surface area (Å²) in [4.78, 5) is 19.0. The van der Waals surface area contributed by atoms with Crippen molar-refractivity contribution in [2.45, 2.75) is 52.5 Å². The molecule has 4 nitrogen and oxygen atoms in total. The van der Waals surface area contributed by atoms with Gasteiger partial charge in [0.1, 0.15) is 0 Å². The molecule has 21 heavy (non-hydrogen) atoms. The molecule has 1 saturated carbocycles. The molecule has 0 aliphatic heterocycles. The molecule has 1 amide bonds. The van der Waals surface area contributed by atoms with Gasteiger partial charge in [0, 0.05) is 31.5 Å². The average Bonchev–Trinajstić information content (AvgIpc) is 2.47. The van der Waals surface area contributed by atoms with E-state index in [1.807, 2.05) is 31.9 Å². The normalized spacial score (nSPS) is 21.9. The number of rotatable bonds is 4. The minimum absolute atomic E-state index is 0.0815. The number of nitrogens with one attached hydrogen (secondary N) is 1. The lowest BCUT2D eigenvalue weighted by atomic mass is 9.86. The van der Waals surface area contributed by atoms with Crippen molar-refractivity contribution in [2.24, 2.45) is 5.92 Å². The van der Waals surface area contributed by atoms with Crippen molar-refractivity contribution in [3.8, 4) is 0 Å². The molecule has 1 aliphatic rings. The molecule has 0 saturated heterocycles. The van der Waals surface area contributed by atoms with Crippen molar-refractivity contribution in [1.29, 1.82) is 0 Å². The predicted molar refractivity (Wildman–Crippen MR) is 86.7 cm³/mol. The highest BCUT2D eigenvalue weighted by Gasteiger charge is 2.26. The van der Waals surface area contributed by atoms with Gasteiger partial charge in [-0.1, -0.05) is 6.92 Å². The molecule has 1 N–H and O–H groups in total. The minimum atomic E-state index is 0.0815. The highest BCUT2D eigenvalue weighted by atomic mass is 16.2. The molecule has 116 valence electrons. The fourth-order valence-electron chi connectivity index (χ4n) is 3.05. The van der Waals surface area contributed by atoms with Crippen LogP contribution in [0.3, 0.4) is 0 Å². The van der Waals surface area contributed by atoms with E-state index >= 15 is 0 Å². The fourth-order valence-corrected chi connectivity index (χ4v) is 3.05. The summed E-state index contributed by atoms with van der Waals surface area (Å²) < 4.78 is 0. The van der Waals surface area contributed by atoms with Crippen LogP contribution in [0.15, 0.2) is 12.3 Å². The highest BCUT2D eigenvalue weighted by molar-refractivity contribution is 5.99. The molecule has 1 aromatic rings. The second-order valence-electron chi connectivity index (χ2n) is 6.23. The van der Waals surface area contributed by atoms with E-state index in [2.05, 4.69) is 17.2 Å². The van der Waals surface area contributed by atoms with Crippen LogP contribution in [0.4, 0.5) is 5.69 Å². The van der Waals surface area contributed by atoms with Crippen LogP contribution in [0.1, 0.15) is 55.6 Å². The molecule has 1 heterocycles. The highest BCUT2D eigenvalue weighted by Crippen LogP contribution is 2.28. The zero-order valence-corrected chi connectivity index (χ0v) is 13.6. The molecule has 0 spiro atoms. The largest absolute Gasteiger partial charge is 0.385 e. The monoisotopic (exact) mass is 289 g/mol. The van der Waals surface area contributed by atoms with E-state index in [9.17, 15) is 4.79 Å². The molecular formula is C17H27N3O. The van der Waals surface area contributed by atoms with Crippen LogP contribution >= 0.6 is 0 Å². The number of aromatic nitrogens is 1. The van der Waals surface area contributed by atoms with Crippen molar-refractivity contribution < 1.29 is 4.79 Å². The Balaban J connectivity index is 2.15. The second kappa shape index (κ2) is 6.92. The number of pyridine rings is 1. The van der Waals surface area contributed by atoms with E-state index in [1.54, 1.807) is 6.20 Å². The lowest BCUT2D eigenvalue weighted by Gasteiger charge is -2.34. The number of hydrogen-bond acceptors (Lipinski definition) is 3.